The summed E-state index contributed by atoms with van der Waals surface area (Å²) in [5.41, 5.74) is 0.559. The number of benzene rings is 1. The van der Waals surface area contributed by atoms with Gasteiger partial charge >= 0.3 is 5.97 Å². The fourth-order valence-electron chi connectivity index (χ4n) is 1.26. The normalized spacial score (nSPS) is 11.6. The van der Waals surface area contributed by atoms with Crippen LogP contribution in [0.5, 0.6) is 5.75 Å². The van der Waals surface area contributed by atoms with Gasteiger partial charge in [-0.1, -0.05) is 12.1 Å². The van der Waals surface area contributed by atoms with E-state index in [0.29, 0.717) is 12.0 Å². The van der Waals surface area contributed by atoms with Crippen molar-refractivity contribution in [3.63, 3.8) is 0 Å². The third-order valence-corrected chi connectivity index (χ3v) is 1.98. The Morgan fingerprint density at radius 2 is 2.12 bits per heavy atom. The molecule has 0 radical (unpaired) electrons. The van der Waals surface area contributed by atoms with Gasteiger partial charge in [-0.25, -0.2) is 4.79 Å². The molecular formula is C11H13NO4. The van der Waals surface area contributed by atoms with E-state index in [-0.39, 0.29) is 12.4 Å². The smallest absolute Gasteiger partial charge is 0.333 e. The van der Waals surface area contributed by atoms with Crippen LogP contribution in [0.4, 0.5) is 0 Å². The number of esters is 1. The molecule has 0 saturated carbocycles. The molecule has 0 bridgehead atoms. The summed E-state index contributed by atoms with van der Waals surface area (Å²) in [6, 6.07) is 5.14. The van der Waals surface area contributed by atoms with Gasteiger partial charge in [0.05, 0.1) is 6.61 Å². The molecule has 5 nitrogen and oxygen atoms in total. The molecule has 1 aromatic rings. The zero-order valence-electron chi connectivity index (χ0n) is 8.84. The van der Waals surface area contributed by atoms with Gasteiger partial charge in [0.15, 0.2) is 6.04 Å². The number of amides is 1. The molecule has 1 unspecified atom stereocenters. The minimum atomic E-state index is -0.835. The minimum absolute atomic E-state index is 0.0949. The van der Waals surface area contributed by atoms with Gasteiger partial charge in [0.2, 0.25) is 6.41 Å². The molecule has 1 atom stereocenters. The highest BCUT2D eigenvalue weighted by atomic mass is 16.5. The first-order valence-corrected chi connectivity index (χ1v) is 4.84. The SMILES string of the molecule is CCOC(=O)C(NC=O)c1ccc(O)cc1. The first-order valence-electron chi connectivity index (χ1n) is 4.84. The Morgan fingerprint density at radius 1 is 1.50 bits per heavy atom. The lowest BCUT2D eigenvalue weighted by molar-refractivity contribution is -0.146. The van der Waals surface area contributed by atoms with Crippen molar-refractivity contribution in [2.75, 3.05) is 6.61 Å². The molecule has 16 heavy (non-hydrogen) atoms. The summed E-state index contributed by atoms with van der Waals surface area (Å²) in [4.78, 5) is 21.9. The maximum absolute atomic E-state index is 11.5. The Morgan fingerprint density at radius 3 is 2.62 bits per heavy atom. The van der Waals surface area contributed by atoms with Gasteiger partial charge in [-0.2, -0.15) is 0 Å². The summed E-state index contributed by atoms with van der Waals surface area (Å²) < 4.78 is 4.82. The molecule has 1 aromatic carbocycles. The van der Waals surface area contributed by atoms with Crippen LogP contribution >= 0.6 is 0 Å². The summed E-state index contributed by atoms with van der Waals surface area (Å²) >= 11 is 0. The molecule has 0 aliphatic rings. The van der Waals surface area contributed by atoms with E-state index in [9.17, 15) is 9.59 Å². The van der Waals surface area contributed by atoms with E-state index in [0.717, 1.165) is 0 Å². The second-order valence-electron chi connectivity index (χ2n) is 3.06. The van der Waals surface area contributed by atoms with Crippen LogP contribution in [0.15, 0.2) is 24.3 Å². The average Bonchev–Trinajstić information content (AvgIpc) is 2.28. The molecule has 2 N–H and O–H groups in total. The Balaban J connectivity index is 2.88. The van der Waals surface area contributed by atoms with Gasteiger partial charge in [-0.15, -0.1) is 0 Å². The number of aromatic hydroxyl groups is 1. The lowest BCUT2D eigenvalue weighted by atomic mass is 10.1. The quantitative estimate of drug-likeness (QED) is 0.570. The summed E-state index contributed by atoms with van der Waals surface area (Å²) in [6.07, 6.45) is 0.439. The van der Waals surface area contributed by atoms with Crippen molar-refractivity contribution in [2.45, 2.75) is 13.0 Å². The van der Waals surface area contributed by atoms with Gasteiger partial charge in [0, 0.05) is 0 Å². The van der Waals surface area contributed by atoms with Crippen LogP contribution in [-0.2, 0) is 14.3 Å². The van der Waals surface area contributed by atoms with Crippen LogP contribution in [-0.4, -0.2) is 24.1 Å². The number of ether oxygens (including phenoxy) is 1. The van der Waals surface area contributed by atoms with Gasteiger partial charge in [0.1, 0.15) is 5.75 Å². The lowest BCUT2D eigenvalue weighted by Crippen LogP contribution is -2.29. The van der Waals surface area contributed by atoms with Crippen LogP contribution in [0.3, 0.4) is 0 Å². The predicted molar refractivity (Wildman–Crippen MR) is 56.7 cm³/mol. The second-order valence-corrected chi connectivity index (χ2v) is 3.06. The zero-order chi connectivity index (χ0) is 12.0. The van der Waals surface area contributed by atoms with E-state index in [1.165, 1.54) is 12.1 Å². The Hall–Kier alpha value is -2.04. The molecule has 1 amide bonds. The van der Waals surface area contributed by atoms with E-state index in [4.69, 9.17) is 9.84 Å². The molecule has 0 aromatic heterocycles. The number of carbonyl (C=O) groups is 2. The maximum atomic E-state index is 11.5. The van der Waals surface area contributed by atoms with Crippen molar-refractivity contribution in [1.82, 2.24) is 5.32 Å². The van der Waals surface area contributed by atoms with Crippen molar-refractivity contribution in [3.05, 3.63) is 29.8 Å². The van der Waals surface area contributed by atoms with Crippen LogP contribution < -0.4 is 5.32 Å². The largest absolute Gasteiger partial charge is 0.508 e. The number of phenolic OH excluding ortho intramolecular Hbond substituents is 1. The van der Waals surface area contributed by atoms with Crippen molar-refractivity contribution in [3.8, 4) is 5.75 Å². The molecular weight excluding hydrogens is 210 g/mol. The first kappa shape index (κ1) is 12.0. The van der Waals surface area contributed by atoms with E-state index in [1.54, 1.807) is 19.1 Å². The molecule has 0 fully saturated rings. The van der Waals surface area contributed by atoms with Crippen molar-refractivity contribution in [1.29, 1.82) is 0 Å². The van der Waals surface area contributed by atoms with Crippen molar-refractivity contribution in [2.24, 2.45) is 0 Å². The number of hydrogen-bond acceptors (Lipinski definition) is 4. The molecule has 5 heteroatoms. The van der Waals surface area contributed by atoms with Crippen LogP contribution in [0.2, 0.25) is 0 Å². The van der Waals surface area contributed by atoms with Crippen molar-refractivity contribution < 1.29 is 19.4 Å². The van der Waals surface area contributed by atoms with Gasteiger partial charge in [0.25, 0.3) is 0 Å². The zero-order valence-corrected chi connectivity index (χ0v) is 8.84. The Labute approximate surface area is 93.0 Å². The third kappa shape index (κ3) is 2.98. The van der Waals surface area contributed by atoms with Crippen molar-refractivity contribution >= 4 is 12.4 Å². The molecule has 1 rings (SSSR count). The number of carbonyl (C=O) groups excluding carboxylic acids is 2. The van der Waals surface area contributed by atoms with E-state index in [2.05, 4.69) is 5.32 Å². The van der Waals surface area contributed by atoms with Crippen LogP contribution in [0, 0.1) is 0 Å². The molecule has 0 spiro atoms. The number of nitrogens with one attached hydrogen (secondary N) is 1. The molecule has 86 valence electrons. The molecule has 0 aliphatic carbocycles. The first-order chi connectivity index (χ1) is 7.69. The highest BCUT2D eigenvalue weighted by Gasteiger charge is 2.20. The minimum Gasteiger partial charge on any atom is -0.508 e. The highest BCUT2D eigenvalue weighted by molar-refractivity contribution is 5.80. The molecule has 0 aliphatic heterocycles. The van der Waals surface area contributed by atoms with Gasteiger partial charge in [-0.05, 0) is 24.6 Å². The second kappa shape index (κ2) is 5.75. The van der Waals surface area contributed by atoms with E-state index < -0.39 is 12.0 Å². The fourth-order valence-corrected chi connectivity index (χ4v) is 1.26. The number of rotatable bonds is 5. The maximum Gasteiger partial charge on any atom is 0.333 e. The summed E-state index contributed by atoms with van der Waals surface area (Å²) in [5, 5.41) is 11.5. The van der Waals surface area contributed by atoms with Crippen LogP contribution in [0.1, 0.15) is 18.5 Å². The van der Waals surface area contributed by atoms with E-state index >= 15 is 0 Å². The Kier molecular flexibility index (Phi) is 4.32. The monoisotopic (exact) mass is 223 g/mol. The summed E-state index contributed by atoms with van der Waals surface area (Å²) in [7, 11) is 0. The Bertz CT molecular complexity index is 361. The number of phenols is 1. The topological polar surface area (TPSA) is 75.6 Å². The predicted octanol–water partition coefficient (Wildman–Crippen LogP) is 0.742. The average molecular weight is 223 g/mol. The van der Waals surface area contributed by atoms with Gasteiger partial charge in [-0.3, -0.25) is 4.79 Å². The number of hydrogen-bond donors (Lipinski definition) is 2. The highest BCUT2D eigenvalue weighted by Crippen LogP contribution is 2.17. The fraction of sp³-hybridized carbons (Fsp3) is 0.273. The lowest BCUT2D eigenvalue weighted by Gasteiger charge is -2.14. The summed E-state index contributed by atoms with van der Waals surface area (Å²) in [5.74, 6) is -0.433. The summed E-state index contributed by atoms with van der Waals surface area (Å²) in [6.45, 7) is 1.93. The van der Waals surface area contributed by atoms with E-state index in [1.807, 2.05) is 0 Å². The standard InChI is InChI=1S/C11H13NO4/c1-2-16-11(15)10(12-7-13)8-3-5-9(14)6-4-8/h3-7,10,14H,2H2,1H3,(H,12,13). The molecule has 0 saturated heterocycles. The molecule has 0 heterocycles. The van der Waals surface area contributed by atoms with Gasteiger partial charge < -0.3 is 15.2 Å². The van der Waals surface area contributed by atoms with Crippen LogP contribution in [0.25, 0.3) is 0 Å². The third-order valence-electron chi connectivity index (χ3n) is 1.98.